The minimum atomic E-state index is 0.847. The summed E-state index contributed by atoms with van der Waals surface area (Å²) in [5, 5.41) is 0. The SMILES string of the molecule is [Cl][Zn+].c1ccc([CH-]c2ccccc2)cc1. The minimum absolute atomic E-state index is 0.847. The van der Waals surface area contributed by atoms with Crippen molar-refractivity contribution in [1.29, 1.82) is 0 Å². The van der Waals surface area contributed by atoms with Crippen LogP contribution in [0.5, 0.6) is 0 Å². The van der Waals surface area contributed by atoms with Gasteiger partial charge < -0.3 is 0 Å². The number of halogens is 1. The fourth-order valence-corrected chi connectivity index (χ4v) is 1.29. The molecule has 0 radical (unpaired) electrons. The van der Waals surface area contributed by atoms with Crippen molar-refractivity contribution in [2.24, 2.45) is 0 Å². The van der Waals surface area contributed by atoms with Crippen LogP contribution in [0, 0.1) is 6.42 Å². The monoisotopic (exact) mass is 266 g/mol. The molecule has 0 aliphatic carbocycles. The fraction of sp³-hybridized carbons (Fsp3) is 0. The summed E-state index contributed by atoms with van der Waals surface area (Å²) < 4.78 is 0. The predicted molar refractivity (Wildman–Crippen MR) is 61.2 cm³/mol. The molecule has 0 aliphatic rings. The quantitative estimate of drug-likeness (QED) is 0.571. The molecule has 2 heteroatoms. The van der Waals surface area contributed by atoms with Gasteiger partial charge in [-0.25, -0.2) is 0 Å². The van der Waals surface area contributed by atoms with Gasteiger partial charge in [0, 0.05) is 0 Å². The Morgan fingerprint density at radius 2 is 1.00 bits per heavy atom. The fourth-order valence-electron chi connectivity index (χ4n) is 1.29. The third kappa shape index (κ3) is 4.51. The molecule has 0 aliphatic heterocycles. The van der Waals surface area contributed by atoms with Gasteiger partial charge >= 0.3 is 27.0 Å². The van der Waals surface area contributed by atoms with E-state index in [4.69, 9.17) is 9.69 Å². The number of hydrogen-bond donors (Lipinski definition) is 0. The van der Waals surface area contributed by atoms with Gasteiger partial charge in [0.05, 0.1) is 0 Å². The molecule has 0 nitrogen and oxygen atoms in total. The van der Waals surface area contributed by atoms with Gasteiger partial charge in [-0.3, -0.25) is 0 Å². The van der Waals surface area contributed by atoms with Gasteiger partial charge in [0.25, 0.3) is 0 Å². The third-order valence-corrected chi connectivity index (χ3v) is 1.93. The Bertz CT molecular complexity index is 321. The number of benzene rings is 2. The molecule has 0 unspecified atom stereocenters. The van der Waals surface area contributed by atoms with E-state index in [0.29, 0.717) is 0 Å². The van der Waals surface area contributed by atoms with E-state index in [0.717, 1.165) is 17.3 Å². The van der Waals surface area contributed by atoms with Crippen LogP contribution < -0.4 is 0 Å². The first kappa shape index (κ1) is 12.3. The molecule has 0 atom stereocenters. The van der Waals surface area contributed by atoms with Gasteiger partial charge in [-0.1, -0.05) is 36.4 Å². The van der Waals surface area contributed by atoms with Crippen LogP contribution in [0.3, 0.4) is 0 Å². The summed E-state index contributed by atoms with van der Waals surface area (Å²) in [4.78, 5) is 0. The standard InChI is InChI=1S/C13H11.ClH.Zn/c1-3-7-12(8-4-1)11-13-9-5-2-6-10-13;;/h1-11H;1H;/q-1;;+2/p-1. The summed E-state index contributed by atoms with van der Waals surface area (Å²) in [6.45, 7) is 0. The van der Waals surface area contributed by atoms with Gasteiger partial charge in [-0.2, -0.15) is 0 Å². The van der Waals surface area contributed by atoms with Crippen molar-refractivity contribution < 1.29 is 17.3 Å². The van der Waals surface area contributed by atoms with Crippen LogP contribution in [0.15, 0.2) is 60.7 Å². The van der Waals surface area contributed by atoms with Crippen molar-refractivity contribution in [3.8, 4) is 0 Å². The second-order valence-corrected chi connectivity index (χ2v) is 2.97. The van der Waals surface area contributed by atoms with E-state index in [2.05, 4.69) is 55.0 Å². The summed E-state index contributed by atoms with van der Waals surface area (Å²) in [7, 11) is 4.76. The van der Waals surface area contributed by atoms with Crippen LogP contribution in [0.1, 0.15) is 11.1 Å². The molecular formula is C13H11ClZn. The normalized spacial score (nSPS) is 8.73. The maximum absolute atomic E-state index is 4.76. The summed E-state index contributed by atoms with van der Waals surface area (Å²) in [5.74, 6) is 0. The maximum Gasteiger partial charge on any atom is -0.0771 e. The Morgan fingerprint density at radius 1 is 0.667 bits per heavy atom. The second-order valence-electron chi connectivity index (χ2n) is 2.97. The molecule has 0 aromatic heterocycles. The van der Waals surface area contributed by atoms with Crippen molar-refractivity contribution in [3.05, 3.63) is 78.2 Å². The van der Waals surface area contributed by atoms with Gasteiger partial charge in [-0.05, 0) is 0 Å². The average Bonchev–Trinajstić information content (AvgIpc) is 2.34. The first-order valence-electron chi connectivity index (χ1n) is 4.67. The van der Waals surface area contributed by atoms with E-state index in [1.54, 1.807) is 0 Å². The Labute approximate surface area is 105 Å². The molecule has 2 aromatic carbocycles. The smallest absolute Gasteiger partial charge is 0.0771 e. The van der Waals surface area contributed by atoms with Gasteiger partial charge in [0.15, 0.2) is 0 Å². The Balaban J connectivity index is 0.000000531. The molecule has 0 bridgehead atoms. The molecular weight excluding hydrogens is 257 g/mol. The van der Waals surface area contributed by atoms with Crippen LogP contribution in [0.25, 0.3) is 0 Å². The molecule has 72 valence electrons. The molecule has 0 saturated heterocycles. The molecule has 0 spiro atoms. The second kappa shape index (κ2) is 7.51. The van der Waals surface area contributed by atoms with Crippen LogP contribution in [0.2, 0.25) is 0 Å². The minimum Gasteiger partial charge on any atom is -0.126 e. The van der Waals surface area contributed by atoms with Crippen LogP contribution in [-0.2, 0) is 17.3 Å². The maximum atomic E-state index is 4.76. The van der Waals surface area contributed by atoms with E-state index >= 15 is 0 Å². The Hall–Kier alpha value is -0.777. The van der Waals surface area contributed by atoms with E-state index in [1.165, 1.54) is 11.1 Å². The molecule has 0 heterocycles. The van der Waals surface area contributed by atoms with Crippen molar-refractivity contribution >= 4 is 9.69 Å². The Kier molecular flexibility index (Phi) is 6.15. The predicted octanol–water partition coefficient (Wildman–Crippen LogP) is 3.97. The summed E-state index contributed by atoms with van der Waals surface area (Å²) in [6, 6.07) is 20.7. The number of rotatable bonds is 2. The molecule has 0 N–H and O–H groups in total. The summed E-state index contributed by atoms with van der Waals surface area (Å²) >= 11 is 0.847. The topological polar surface area (TPSA) is 0 Å². The van der Waals surface area contributed by atoms with E-state index in [1.807, 2.05) is 12.1 Å². The largest absolute Gasteiger partial charge is 0.126 e. The zero-order valence-corrected chi connectivity index (χ0v) is 12.2. The molecule has 2 aromatic rings. The van der Waals surface area contributed by atoms with Crippen LogP contribution in [0.4, 0.5) is 0 Å². The zero-order valence-electron chi connectivity index (χ0n) is 8.44. The van der Waals surface area contributed by atoms with Crippen molar-refractivity contribution in [3.63, 3.8) is 0 Å². The molecule has 0 fully saturated rings. The Morgan fingerprint density at radius 3 is 1.33 bits per heavy atom. The summed E-state index contributed by atoms with van der Waals surface area (Å²) in [5.41, 5.74) is 2.49. The van der Waals surface area contributed by atoms with E-state index < -0.39 is 0 Å². The van der Waals surface area contributed by atoms with Crippen molar-refractivity contribution in [2.75, 3.05) is 0 Å². The first-order chi connectivity index (χ1) is 7.45. The molecule has 2 rings (SSSR count). The van der Waals surface area contributed by atoms with Gasteiger partial charge in [-0.15, -0.1) is 41.8 Å². The number of hydrogen-bond acceptors (Lipinski definition) is 0. The van der Waals surface area contributed by atoms with Gasteiger partial charge in [0.1, 0.15) is 0 Å². The van der Waals surface area contributed by atoms with E-state index in [9.17, 15) is 0 Å². The van der Waals surface area contributed by atoms with Crippen molar-refractivity contribution in [2.45, 2.75) is 0 Å². The third-order valence-electron chi connectivity index (χ3n) is 1.93. The molecule has 15 heavy (non-hydrogen) atoms. The molecule has 0 saturated carbocycles. The van der Waals surface area contributed by atoms with Crippen LogP contribution in [-0.4, -0.2) is 0 Å². The first-order valence-corrected chi connectivity index (χ1v) is 8.56. The van der Waals surface area contributed by atoms with Crippen molar-refractivity contribution in [1.82, 2.24) is 0 Å². The van der Waals surface area contributed by atoms with E-state index in [-0.39, 0.29) is 0 Å². The molecule has 0 amide bonds. The average molecular weight is 268 g/mol. The summed E-state index contributed by atoms with van der Waals surface area (Å²) in [6.07, 6.45) is 2.17. The zero-order chi connectivity index (χ0) is 10.9. The van der Waals surface area contributed by atoms with Gasteiger partial charge in [0.2, 0.25) is 0 Å². The van der Waals surface area contributed by atoms with Crippen LogP contribution >= 0.6 is 9.69 Å².